The SMILES string of the molecule is Cc1cnn(C2CNC2)c1. The van der Waals surface area contributed by atoms with Gasteiger partial charge < -0.3 is 5.32 Å². The molecular weight excluding hydrogens is 126 g/mol. The molecule has 1 saturated heterocycles. The molecule has 2 heterocycles. The second-order valence-corrected chi connectivity index (χ2v) is 2.81. The van der Waals surface area contributed by atoms with E-state index in [1.807, 2.05) is 10.9 Å². The smallest absolute Gasteiger partial charge is 0.0767 e. The number of hydrogen-bond donors (Lipinski definition) is 1. The molecule has 1 aromatic heterocycles. The molecule has 3 heteroatoms. The maximum atomic E-state index is 4.21. The molecule has 1 N–H and O–H groups in total. The molecule has 0 atom stereocenters. The summed E-state index contributed by atoms with van der Waals surface area (Å²) in [5.41, 5.74) is 1.24. The summed E-state index contributed by atoms with van der Waals surface area (Å²) in [6, 6.07) is 0.605. The van der Waals surface area contributed by atoms with E-state index in [4.69, 9.17) is 0 Å². The average Bonchev–Trinajstić information content (AvgIpc) is 2.10. The number of aromatic nitrogens is 2. The highest BCUT2D eigenvalue weighted by Gasteiger charge is 2.18. The lowest BCUT2D eigenvalue weighted by Crippen LogP contribution is -2.43. The van der Waals surface area contributed by atoms with Crippen molar-refractivity contribution in [2.24, 2.45) is 0 Å². The van der Waals surface area contributed by atoms with E-state index in [2.05, 4.69) is 23.5 Å². The van der Waals surface area contributed by atoms with Crippen LogP contribution in [0.1, 0.15) is 11.6 Å². The molecule has 0 aliphatic carbocycles. The normalized spacial score (nSPS) is 18.9. The van der Waals surface area contributed by atoms with Gasteiger partial charge in [0.1, 0.15) is 0 Å². The Hall–Kier alpha value is -0.830. The van der Waals surface area contributed by atoms with Gasteiger partial charge in [0, 0.05) is 19.3 Å². The van der Waals surface area contributed by atoms with Gasteiger partial charge in [-0.3, -0.25) is 4.68 Å². The zero-order chi connectivity index (χ0) is 6.97. The zero-order valence-corrected chi connectivity index (χ0v) is 6.04. The monoisotopic (exact) mass is 137 g/mol. The van der Waals surface area contributed by atoms with Crippen LogP contribution in [0.2, 0.25) is 0 Å². The van der Waals surface area contributed by atoms with Crippen LogP contribution in [0.4, 0.5) is 0 Å². The highest BCUT2D eigenvalue weighted by molar-refractivity contribution is 5.01. The van der Waals surface area contributed by atoms with Gasteiger partial charge in [0.2, 0.25) is 0 Å². The Balaban J connectivity index is 2.17. The van der Waals surface area contributed by atoms with Gasteiger partial charge in [-0.25, -0.2) is 0 Å². The Kier molecular flexibility index (Phi) is 1.24. The summed E-state index contributed by atoms with van der Waals surface area (Å²) < 4.78 is 2.03. The predicted molar refractivity (Wildman–Crippen MR) is 38.9 cm³/mol. The van der Waals surface area contributed by atoms with Gasteiger partial charge in [0.15, 0.2) is 0 Å². The van der Waals surface area contributed by atoms with Gasteiger partial charge in [-0.15, -0.1) is 0 Å². The van der Waals surface area contributed by atoms with Crippen LogP contribution in [0.15, 0.2) is 12.4 Å². The third kappa shape index (κ3) is 0.827. The standard InChI is InChI=1S/C7H11N3/c1-6-2-9-10(5-6)7-3-8-4-7/h2,5,7-8H,3-4H2,1H3. The van der Waals surface area contributed by atoms with Crippen molar-refractivity contribution in [1.82, 2.24) is 15.1 Å². The molecule has 1 aliphatic heterocycles. The Morgan fingerprint density at radius 1 is 1.70 bits per heavy atom. The molecule has 0 saturated carbocycles. The lowest BCUT2D eigenvalue weighted by molar-refractivity contribution is 0.318. The fourth-order valence-electron chi connectivity index (χ4n) is 1.09. The molecule has 1 fully saturated rings. The largest absolute Gasteiger partial charge is 0.312 e. The summed E-state index contributed by atoms with van der Waals surface area (Å²) in [7, 11) is 0. The maximum Gasteiger partial charge on any atom is 0.0767 e. The molecule has 0 bridgehead atoms. The van der Waals surface area contributed by atoms with E-state index in [9.17, 15) is 0 Å². The highest BCUT2D eigenvalue weighted by Crippen LogP contribution is 2.10. The first kappa shape index (κ1) is 5.92. The van der Waals surface area contributed by atoms with Crippen LogP contribution in [0.5, 0.6) is 0 Å². The summed E-state index contributed by atoms with van der Waals surface area (Å²) in [4.78, 5) is 0. The molecule has 0 unspecified atom stereocenters. The Bertz CT molecular complexity index is 225. The third-order valence-electron chi connectivity index (χ3n) is 1.86. The Morgan fingerprint density at radius 2 is 2.50 bits per heavy atom. The van der Waals surface area contributed by atoms with Crippen LogP contribution in [-0.2, 0) is 0 Å². The van der Waals surface area contributed by atoms with Crippen LogP contribution >= 0.6 is 0 Å². The summed E-state index contributed by atoms with van der Waals surface area (Å²) >= 11 is 0. The molecule has 0 radical (unpaired) electrons. The summed E-state index contributed by atoms with van der Waals surface area (Å²) in [5.74, 6) is 0. The summed E-state index contributed by atoms with van der Waals surface area (Å²) in [5, 5.41) is 7.42. The fourth-order valence-corrected chi connectivity index (χ4v) is 1.09. The first-order chi connectivity index (χ1) is 4.86. The minimum absolute atomic E-state index is 0.605. The molecule has 0 spiro atoms. The van der Waals surface area contributed by atoms with Crippen LogP contribution in [-0.4, -0.2) is 22.9 Å². The number of rotatable bonds is 1. The second kappa shape index (κ2) is 2.09. The fraction of sp³-hybridized carbons (Fsp3) is 0.571. The minimum Gasteiger partial charge on any atom is -0.312 e. The maximum absolute atomic E-state index is 4.21. The van der Waals surface area contributed by atoms with E-state index < -0.39 is 0 Å². The number of nitrogens with zero attached hydrogens (tertiary/aromatic N) is 2. The van der Waals surface area contributed by atoms with Crippen molar-refractivity contribution in [2.45, 2.75) is 13.0 Å². The molecule has 2 rings (SSSR count). The van der Waals surface area contributed by atoms with Crippen molar-refractivity contribution in [3.8, 4) is 0 Å². The van der Waals surface area contributed by atoms with Crippen molar-refractivity contribution in [1.29, 1.82) is 0 Å². The van der Waals surface area contributed by atoms with Gasteiger partial charge >= 0.3 is 0 Å². The van der Waals surface area contributed by atoms with Crippen molar-refractivity contribution >= 4 is 0 Å². The van der Waals surface area contributed by atoms with Gasteiger partial charge in [-0.1, -0.05) is 0 Å². The predicted octanol–water partition coefficient (Wildman–Crippen LogP) is 0.336. The summed E-state index contributed by atoms with van der Waals surface area (Å²) in [6.07, 6.45) is 3.99. The Labute approximate surface area is 60.0 Å². The quantitative estimate of drug-likeness (QED) is 0.604. The lowest BCUT2D eigenvalue weighted by atomic mass is 10.2. The van der Waals surface area contributed by atoms with Gasteiger partial charge in [0.25, 0.3) is 0 Å². The first-order valence-corrected chi connectivity index (χ1v) is 3.58. The van der Waals surface area contributed by atoms with E-state index in [0.29, 0.717) is 6.04 Å². The molecule has 1 aromatic rings. The Morgan fingerprint density at radius 3 is 2.90 bits per heavy atom. The van der Waals surface area contributed by atoms with Crippen molar-refractivity contribution < 1.29 is 0 Å². The molecular formula is C7H11N3. The van der Waals surface area contributed by atoms with Crippen molar-refractivity contribution in [2.75, 3.05) is 13.1 Å². The van der Waals surface area contributed by atoms with Crippen LogP contribution in [0.25, 0.3) is 0 Å². The average molecular weight is 137 g/mol. The van der Waals surface area contributed by atoms with E-state index in [1.54, 1.807) is 0 Å². The summed E-state index contributed by atoms with van der Waals surface area (Å²) in [6.45, 7) is 4.21. The second-order valence-electron chi connectivity index (χ2n) is 2.81. The highest BCUT2D eigenvalue weighted by atomic mass is 15.3. The molecule has 0 aromatic carbocycles. The van der Waals surface area contributed by atoms with Crippen LogP contribution < -0.4 is 5.32 Å². The van der Waals surface area contributed by atoms with Crippen LogP contribution in [0, 0.1) is 6.92 Å². The van der Waals surface area contributed by atoms with Gasteiger partial charge in [0.05, 0.1) is 12.2 Å². The van der Waals surface area contributed by atoms with Gasteiger partial charge in [-0.2, -0.15) is 5.10 Å². The number of aryl methyl sites for hydroxylation is 1. The molecule has 0 amide bonds. The topological polar surface area (TPSA) is 29.9 Å². The van der Waals surface area contributed by atoms with E-state index in [-0.39, 0.29) is 0 Å². The molecule has 10 heavy (non-hydrogen) atoms. The van der Waals surface area contributed by atoms with E-state index in [0.717, 1.165) is 13.1 Å². The third-order valence-corrected chi connectivity index (χ3v) is 1.86. The van der Waals surface area contributed by atoms with Gasteiger partial charge in [-0.05, 0) is 12.5 Å². The van der Waals surface area contributed by atoms with Crippen molar-refractivity contribution in [3.63, 3.8) is 0 Å². The van der Waals surface area contributed by atoms with Crippen LogP contribution in [0.3, 0.4) is 0 Å². The molecule has 3 nitrogen and oxygen atoms in total. The number of hydrogen-bond acceptors (Lipinski definition) is 2. The van der Waals surface area contributed by atoms with E-state index in [1.165, 1.54) is 5.56 Å². The zero-order valence-electron chi connectivity index (χ0n) is 6.04. The lowest BCUT2D eigenvalue weighted by Gasteiger charge is -2.27. The van der Waals surface area contributed by atoms with Crippen molar-refractivity contribution in [3.05, 3.63) is 18.0 Å². The molecule has 1 aliphatic rings. The first-order valence-electron chi connectivity index (χ1n) is 3.58. The molecule has 54 valence electrons. The number of nitrogens with one attached hydrogen (secondary N) is 1. The minimum atomic E-state index is 0.605. The van der Waals surface area contributed by atoms with E-state index >= 15 is 0 Å².